The number of hydrogen-bond acceptors (Lipinski definition) is 5. The average Bonchev–Trinajstić information content (AvgIpc) is 0.722. The summed E-state index contributed by atoms with van der Waals surface area (Å²) in [5.41, 5.74) is 0. The van der Waals surface area contributed by atoms with Crippen molar-refractivity contribution in [2.24, 2.45) is 0 Å². The number of hydrogen-bond donors (Lipinski definition) is 0. The van der Waals surface area contributed by atoms with Crippen LogP contribution in [-0.4, -0.2) is 22.8 Å². The molecule has 0 rings (SSSR count). The summed E-state index contributed by atoms with van der Waals surface area (Å²) in [5.74, 6) is 0. The van der Waals surface area contributed by atoms with E-state index in [4.69, 9.17) is 19.2 Å². The molecule has 5 nitrogen and oxygen atoms in total. The maximum atomic E-state index is 8.55. The first-order chi connectivity index (χ1) is 2.00. The normalized spacial score (nSPS) is 7.38. The first-order valence-electron chi connectivity index (χ1n) is 0.730. The maximum Gasteiger partial charge on any atom is 3.00 e. The first kappa shape index (κ1) is 22.9. The summed E-state index contributed by atoms with van der Waals surface area (Å²) < 4.78 is 8.55. The van der Waals surface area contributed by atoms with E-state index in [-0.39, 0.29) is 41.7 Å². The van der Waals surface area contributed by atoms with Crippen LogP contribution in [0, 0.1) is 0 Å². The SMILES string of the molecule is O=P([O-])([O-])[O-].[Al+3].[Li+].[OH-]. The van der Waals surface area contributed by atoms with Crippen LogP contribution >= 0.6 is 7.82 Å². The third-order valence-corrected chi connectivity index (χ3v) is 0. The van der Waals surface area contributed by atoms with Crippen LogP contribution in [-0.2, 0) is 4.57 Å². The van der Waals surface area contributed by atoms with Gasteiger partial charge in [0.25, 0.3) is 0 Å². The van der Waals surface area contributed by atoms with Gasteiger partial charge in [-0.2, -0.15) is 7.82 Å². The van der Waals surface area contributed by atoms with E-state index in [0.29, 0.717) is 0 Å². The topological polar surface area (TPSA) is 116 Å². The Labute approximate surface area is 69.0 Å². The van der Waals surface area contributed by atoms with Crippen molar-refractivity contribution in [3.05, 3.63) is 0 Å². The number of phosphoric acid groups is 1. The second-order valence-corrected chi connectivity index (χ2v) is 1.34. The molecule has 0 saturated heterocycles. The number of rotatable bonds is 0. The second-order valence-electron chi connectivity index (χ2n) is 0.447. The molecule has 0 fully saturated rings. The molecule has 0 unspecified atom stereocenters. The maximum absolute atomic E-state index is 8.55. The summed E-state index contributed by atoms with van der Waals surface area (Å²) in [6.07, 6.45) is 0. The van der Waals surface area contributed by atoms with Crippen LogP contribution in [0.15, 0.2) is 0 Å². The van der Waals surface area contributed by atoms with Gasteiger partial charge in [-0.3, -0.25) is 0 Å². The van der Waals surface area contributed by atoms with Crippen molar-refractivity contribution in [2.45, 2.75) is 0 Å². The van der Waals surface area contributed by atoms with Crippen LogP contribution in [0.1, 0.15) is 0 Å². The summed E-state index contributed by atoms with van der Waals surface area (Å²) in [4.78, 5) is 25.6. The minimum absolute atomic E-state index is 0. The summed E-state index contributed by atoms with van der Waals surface area (Å²) >= 11 is 0. The predicted octanol–water partition coefficient (Wildman–Crippen LogP) is -6.38. The zero-order chi connectivity index (χ0) is 4.50. The van der Waals surface area contributed by atoms with Crippen molar-refractivity contribution in [1.29, 1.82) is 0 Å². The van der Waals surface area contributed by atoms with Gasteiger partial charge in [0.2, 0.25) is 0 Å². The van der Waals surface area contributed by atoms with Gasteiger partial charge in [-0.05, 0) is 0 Å². The van der Waals surface area contributed by atoms with Crippen LogP contribution < -0.4 is 33.5 Å². The second kappa shape index (κ2) is 8.20. The minimum Gasteiger partial charge on any atom is -0.870 e. The smallest absolute Gasteiger partial charge is 0.870 e. The van der Waals surface area contributed by atoms with Crippen molar-refractivity contribution in [2.75, 3.05) is 0 Å². The van der Waals surface area contributed by atoms with Crippen LogP contribution in [0.25, 0.3) is 0 Å². The molecule has 0 aromatic rings. The van der Waals surface area contributed by atoms with Crippen molar-refractivity contribution in [3.63, 3.8) is 0 Å². The molecule has 0 aliphatic heterocycles. The first-order valence-corrected chi connectivity index (χ1v) is 2.19. The van der Waals surface area contributed by atoms with Gasteiger partial charge >= 0.3 is 36.2 Å². The molecule has 1 N–H and O–H groups in total. The zero-order valence-electron chi connectivity index (χ0n) is 4.10. The summed E-state index contributed by atoms with van der Waals surface area (Å²) in [5, 5.41) is 0. The molecular formula is HAlLiO5P. The summed E-state index contributed by atoms with van der Waals surface area (Å²) in [6, 6.07) is 0. The fourth-order valence-corrected chi connectivity index (χ4v) is 0. The summed E-state index contributed by atoms with van der Waals surface area (Å²) in [6.45, 7) is 0. The zero-order valence-corrected chi connectivity index (χ0v) is 6.15. The van der Waals surface area contributed by atoms with Crippen LogP contribution in [0.3, 0.4) is 0 Å². The van der Waals surface area contributed by atoms with E-state index in [1.54, 1.807) is 0 Å². The van der Waals surface area contributed by atoms with E-state index in [1.807, 2.05) is 0 Å². The Kier molecular flexibility index (Phi) is 23.4. The van der Waals surface area contributed by atoms with Gasteiger partial charge in [-0.15, -0.1) is 0 Å². The Balaban J connectivity index is -0.0000000267. The molecule has 0 spiro atoms. The van der Waals surface area contributed by atoms with E-state index in [0.717, 1.165) is 0 Å². The van der Waals surface area contributed by atoms with E-state index in [9.17, 15) is 0 Å². The van der Waals surface area contributed by atoms with Gasteiger partial charge in [0.1, 0.15) is 0 Å². The molecule has 40 valence electrons. The molecule has 0 bridgehead atoms. The molecule has 0 aromatic carbocycles. The van der Waals surface area contributed by atoms with E-state index >= 15 is 0 Å². The van der Waals surface area contributed by atoms with Gasteiger partial charge in [0, 0.05) is 0 Å². The fraction of sp³-hybridized carbons (Fsp3) is 0. The van der Waals surface area contributed by atoms with Gasteiger partial charge in [0.15, 0.2) is 0 Å². The molecule has 0 radical (unpaired) electrons. The minimum atomic E-state index is -5.39. The van der Waals surface area contributed by atoms with Crippen molar-refractivity contribution < 1.29 is 43.6 Å². The molecule has 0 amide bonds. The van der Waals surface area contributed by atoms with E-state index < -0.39 is 7.82 Å². The largest absolute Gasteiger partial charge is 3.00 e. The molecule has 0 aromatic heterocycles. The standard InChI is InChI=1S/Al.Li.H3O4P.H2O/c;;1-5(2,3)4;/h;;(H3,1,2,3,4);1H2/q+3;+1;;/p-4. The Bertz CT molecular complexity index is 58.6. The fourth-order valence-electron chi connectivity index (χ4n) is 0. The van der Waals surface area contributed by atoms with Crippen molar-refractivity contribution >= 4 is 25.2 Å². The quantitative estimate of drug-likeness (QED) is 0.249. The van der Waals surface area contributed by atoms with E-state index in [1.165, 1.54) is 0 Å². The van der Waals surface area contributed by atoms with Gasteiger partial charge in [-0.25, -0.2) is 0 Å². The van der Waals surface area contributed by atoms with Crippen molar-refractivity contribution in [3.8, 4) is 0 Å². The van der Waals surface area contributed by atoms with E-state index in [2.05, 4.69) is 0 Å². The third-order valence-electron chi connectivity index (χ3n) is 0. The molecule has 0 heterocycles. The van der Waals surface area contributed by atoms with Gasteiger partial charge < -0.3 is 24.7 Å². The monoisotopic (exact) mass is 146 g/mol. The third kappa shape index (κ3) is 192. The summed E-state index contributed by atoms with van der Waals surface area (Å²) in [7, 11) is -5.39. The molecule has 8 heteroatoms. The molecule has 0 saturated carbocycles. The molecule has 0 aliphatic carbocycles. The van der Waals surface area contributed by atoms with Gasteiger partial charge in [0.05, 0.1) is 0 Å². The molecule has 8 heavy (non-hydrogen) atoms. The van der Waals surface area contributed by atoms with Crippen LogP contribution in [0.5, 0.6) is 0 Å². The predicted molar refractivity (Wildman–Crippen MR) is 15.3 cm³/mol. The Morgan fingerprint density at radius 3 is 1.12 bits per heavy atom. The van der Waals surface area contributed by atoms with Crippen LogP contribution in [0.4, 0.5) is 0 Å². The van der Waals surface area contributed by atoms with Crippen molar-refractivity contribution in [1.82, 2.24) is 0 Å². The van der Waals surface area contributed by atoms with Crippen LogP contribution in [0.2, 0.25) is 0 Å². The molecule has 0 aliphatic rings. The molecular weight excluding hydrogens is 145 g/mol. The Morgan fingerprint density at radius 2 is 1.12 bits per heavy atom. The van der Waals surface area contributed by atoms with Gasteiger partial charge in [-0.1, -0.05) is 0 Å². The molecule has 0 atom stereocenters. The average molecular weight is 146 g/mol. The Hall–Kier alpha value is 1.20. The Morgan fingerprint density at radius 1 is 1.12 bits per heavy atom.